The molecule has 2 bridgehead atoms. The molecule has 0 aliphatic carbocycles. The number of carbonyl (C=O) groups excluding carboxylic acids is 2. The lowest BCUT2D eigenvalue weighted by molar-refractivity contribution is 0.0386. The number of carbonyl (C=O) groups is 4. The van der Waals surface area contributed by atoms with Gasteiger partial charge in [-0.15, -0.1) is 0 Å². The molecule has 2 N–H and O–H groups in total. The Morgan fingerprint density at radius 2 is 1.52 bits per heavy atom. The molecule has 1 aliphatic rings. The standard InChI is InChI=1S/C16H8O7/c17-13(18)9-5-4-7-6-11(9)15(21)23-16(22)12-8(7)2-1-3-10(12)14(19)20/h1-6H,(H,17,18)(H,19,20). The van der Waals surface area contributed by atoms with Gasteiger partial charge in [-0.3, -0.25) is 0 Å². The van der Waals surface area contributed by atoms with E-state index in [1.807, 2.05) is 0 Å². The highest BCUT2D eigenvalue weighted by Gasteiger charge is 2.30. The average Bonchev–Trinajstić information content (AvgIpc) is 2.52. The van der Waals surface area contributed by atoms with E-state index < -0.39 is 23.9 Å². The number of benzene rings is 2. The number of aromatic carboxylic acids is 2. The lowest BCUT2D eigenvalue weighted by atomic mass is 9.92. The third kappa shape index (κ3) is 2.24. The van der Waals surface area contributed by atoms with Gasteiger partial charge >= 0.3 is 23.9 Å². The molecule has 0 amide bonds. The first-order valence-electron chi connectivity index (χ1n) is 6.40. The van der Waals surface area contributed by atoms with Crippen molar-refractivity contribution < 1.29 is 34.1 Å². The van der Waals surface area contributed by atoms with E-state index in [1.165, 1.54) is 36.4 Å². The Morgan fingerprint density at radius 3 is 2.17 bits per heavy atom. The highest BCUT2D eigenvalue weighted by molar-refractivity contribution is 6.15. The number of esters is 2. The fraction of sp³-hybridized carbons (Fsp3) is 0. The zero-order valence-electron chi connectivity index (χ0n) is 11.4. The number of hydrogen-bond donors (Lipinski definition) is 2. The van der Waals surface area contributed by atoms with Gasteiger partial charge in [0, 0.05) is 0 Å². The van der Waals surface area contributed by atoms with E-state index in [2.05, 4.69) is 4.74 Å². The van der Waals surface area contributed by atoms with Crippen molar-refractivity contribution in [3.05, 3.63) is 58.7 Å². The maximum atomic E-state index is 12.2. The summed E-state index contributed by atoms with van der Waals surface area (Å²) in [6, 6.07) is 8.05. The number of cyclic esters (lactones) is 2. The van der Waals surface area contributed by atoms with Crippen LogP contribution in [0.4, 0.5) is 0 Å². The molecule has 2 aromatic carbocycles. The highest BCUT2D eigenvalue weighted by atomic mass is 16.6. The molecule has 0 spiro atoms. The molecule has 1 heterocycles. The summed E-state index contributed by atoms with van der Waals surface area (Å²) in [6.45, 7) is 0. The zero-order chi connectivity index (χ0) is 16.7. The lowest BCUT2D eigenvalue weighted by Crippen LogP contribution is -2.21. The Balaban J connectivity index is 2.37. The molecule has 0 aromatic heterocycles. The van der Waals surface area contributed by atoms with Crippen molar-refractivity contribution in [1.29, 1.82) is 0 Å². The molecule has 0 atom stereocenters. The molecule has 23 heavy (non-hydrogen) atoms. The van der Waals surface area contributed by atoms with E-state index >= 15 is 0 Å². The lowest BCUT2D eigenvalue weighted by Gasteiger charge is -2.16. The molecule has 2 aromatic rings. The largest absolute Gasteiger partial charge is 0.478 e. The van der Waals surface area contributed by atoms with Gasteiger partial charge < -0.3 is 14.9 Å². The second-order valence-electron chi connectivity index (χ2n) is 4.78. The van der Waals surface area contributed by atoms with Crippen LogP contribution >= 0.6 is 0 Å². The highest BCUT2D eigenvalue weighted by Crippen LogP contribution is 2.31. The van der Waals surface area contributed by atoms with Crippen LogP contribution < -0.4 is 0 Å². The predicted molar refractivity (Wildman–Crippen MR) is 75.5 cm³/mol. The summed E-state index contributed by atoms with van der Waals surface area (Å²) in [5.41, 5.74) is -0.513. The minimum atomic E-state index is -1.34. The van der Waals surface area contributed by atoms with Crippen LogP contribution in [-0.4, -0.2) is 34.1 Å². The molecule has 1 aliphatic heterocycles. The number of ether oxygens (including phenoxy) is 1. The Hall–Kier alpha value is -3.48. The summed E-state index contributed by atoms with van der Waals surface area (Å²) in [4.78, 5) is 46.6. The smallest absolute Gasteiger partial charge is 0.347 e. The molecule has 7 heteroatoms. The number of carboxylic acid groups (broad SMARTS) is 2. The maximum Gasteiger partial charge on any atom is 0.347 e. The molecular formula is C16H8O7. The van der Waals surface area contributed by atoms with Gasteiger partial charge in [-0.2, -0.15) is 0 Å². The average molecular weight is 312 g/mol. The van der Waals surface area contributed by atoms with Crippen molar-refractivity contribution in [2.75, 3.05) is 0 Å². The van der Waals surface area contributed by atoms with Crippen molar-refractivity contribution in [3.63, 3.8) is 0 Å². The van der Waals surface area contributed by atoms with E-state index in [9.17, 15) is 24.3 Å². The molecule has 0 radical (unpaired) electrons. The molecule has 114 valence electrons. The van der Waals surface area contributed by atoms with E-state index in [4.69, 9.17) is 5.11 Å². The van der Waals surface area contributed by atoms with Gasteiger partial charge in [-0.25, -0.2) is 19.2 Å². The van der Waals surface area contributed by atoms with Gasteiger partial charge in [0.05, 0.1) is 22.3 Å². The molecule has 0 saturated heterocycles. The fourth-order valence-corrected chi connectivity index (χ4v) is 2.45. The van der Waals surface area contributed by atoms with Crippen LogP contribution in [0.15, 0.2) is 36.4 Å². The summed E-state index contributed by atoms with van der Waals surface area (Å²) < 4.78 is 4.63. The number of hydrogen-bond acceptors (Lipinski definition) is 5. The van der Waals surface area contributed by atoms with E-state index in [0.29, 0.717) is 5.56 Å². The van der Waals surface area contributed by atoms with Crippen LogP contribution in [0.3, 0.4) is 0 Å². The Kier molecular flexibility index (Phi) is 3.18. The van der Waals surface area contributed by atoms with E-state index in [1.54, 1.807) is 0 Å². The van der Waals surface area contributed by atoms with Gasteiger partial charge in [-0.05, 0) is 29.3 Å². The van der Waals surface area contributed by atoms with Gasteiger partial charge in [0.25, 0.3) is 0 Å². The van der Waals surface area contributed by atoms with Crippen molar-refractivity contribution in [1.82, 2.24) is 0 Å². The normalized spacial score (nSPS) is 12.7. The van der Waals surface area contributed by atoms with Crippen molar-refractivity contribution in [2.24, 2.45) is 0 Å². The summed E-state index contributed by atoms with van der Waals surface area (Å²) in [7, 11) is 0. The van der Waals surface area contributed by atoms with Crippen molar-refractivity contribution in [3.8, 4) is 11.1 Å². The molecule has 7 nitrogen and oxygen atoms in total. The third-order valence-corrected chi connectivity index (χ3v) is 3.47. The topological polar surface area (TPSA) is 118 Å². The number of carboxylic acids is 2. The van der Waals surface area contributed by atoms with Crippen LogP contribution in [0, 0.1) is 0 Å². The van der Waals surface area contributed by atoms with Crippen LogP contribution in [0.1, 0.15) is 41.4 Å². The summed E-state index contributed by atoms with van der Waals surface area (Å²) in [5, 5.41) is 18.3. The van der Waals surface area contributed by atoms with Gasteiger partial charge in [0.1, 0.15) is 0 Å². The number of fused-ring (bicyclic) bond motifs is 4. The second kappa shape index (κ2) is 5.06. The third-order valence-electron chi connectivity index (χ3n) is 3.47. The van der Waals surface area contributed by atoms with E-state index in [-0.39, 0.29) is 27.8 Å². The second-order valence-corrected chi connectivity index (χ2v) is 4.78. The Labute approximate surface area is 128 Å². The first kappa shape index (κ1) is 14.5. The zero-order valence-corrected chi connectivity index (χ0v) is 11.4. The van der Waals surface area contributed by atoms with Gasteiger partial charge in [-0.1, -0.05) is 18.2 Å². The maximum absolute atomic E-state index is 12.2. The van der Waals surface area contributed by atoms with Crippen molar-refractivity contribution >= 4 is 23.9 Å². The fourth-order valence-electron chi connectivity index (χ4n) is 2.45. The van der Waals surface area contributed by atoms with Gasteiger partial charge in [0.15, 0.2) is 0 Å². The molecule has 0 saturated carbocycles. The van der Waals surface area contributed by atoms with Crippen LogP contribution in [0.25, 0.3) is 11.1 Å². The van der Waals surface area contributed by atoms with Crippen LogP contribution in [0.5, 0.6) is 0 Å². The number of rotatable bonds is 2. The monoisotopic (exact) mass is 312 g/mol. The SMILES string of the molecule is O=C(O)c1ccc2cc1C(=O)OC(=O)c1c(C(=O)O)cccc1-2. The molecular weight excluding hydrogens is 304 g/mol. The first-order chi connectivity index (χ1) is 10.9. The minimum absolute atomic E-state index is 0.248. The summed E-state index contributed by atoms with van der Waals surface area (Å²) in [5.74, 6) is -4.95. The predicted octanol–water partition coefficient (Wildman–Crippen LogP) is 2.06. The molecule has 0 fully saturated rings. The van der Waals surface area contributed by atoms with Gasteiger partial charge in [0.2, 0.25) is 0 Å². The van der Waals surface area contributed by atoms with Crippen LogP contribution in [-0.2, 0) is 4.74 Å². The summed E-state index contributed by atoms with van der Waals surface area (Å²) >= 11 is 0. The molecule has 3 rings (SSSR count). The Morgan fingerprint density at radius 1 is 0.826 bits per heavy atom. The summed E-state index contributed by atoms with van der Waals surface area (Å²) in [6.07, 6.45) is 0. The minimum Gasteiger partial charge on any atom is -0.478 e. The Bertz CT molecular complexity index is 895. The van der Waals surface area contributed by atoms with E-state index in [0.717, 1.165) is 0 Å². The van der Waals surface area contributed by atoms with Crippen molar-refractivity contribution in [2.45, 2.75) is 0 Å². The first-order valence-corrected chi connectivity index (χ1v) is 6.40. The van der Waals surface area contributed by atoms with Crippen LogP contribution in [0.2, 0.25) is 0 Å². The molecule has 0 unspecified atom stereocenters. The quantitative estimate of drug-likeness (QED) is 0.643.